The molecular formula is C11H12ClF2N. The van der Waals surface area contributed by atoms with Crippen LogP contribution in [0.4, 0.5) is 8.78 Å². The molecule has 2 rings (SSSR count). The first-order valence-corrected chi connectivity index (χ1v) is 5.39. The van der Waals surface area contributed by atoms with E-state index in [9.17, 15) is 8.78 Å². The van der Waals surface area contributed by atoms with Gasteiger partial charge in [-0.1, -0.05) is 11.6 Å². The van der Waals surface area contributed by atoms with E-state index < -0.39 is 11.6 Å². The average molecular weight is 232 g/mol. The van der Waals surface area contributed by atoms with E-state index in [1.54, 1.807) is 0 Å². The number of hydrogen-bond donors (Lipinski definition) is 1. The Morgan fingerprint density at radius 2 is 2.20 bits per heavy atom. The fraction of sp³-hybridized carbons (Fsp3) is 0.455. The average Bonchev–Trinajstić information content (AvgIpc) is 2.66. The minimum Gasteiger partial charge on any atom is -0.316 e. The zero-order valence-electron chi connectivity index (χ0n) is 8.19. The summed E-state index contributed by atoms with van der Waals surface area (Å²) in [7, 11) is 0. The molecule has 1 N–H and O–H groups in total. The molecule has 0 saturated carbocycles. The summed E-state index contributed by atoms with van der Waals surface area (Å²) < 4.78 is 26.1. The summed E-state index contributed by atoms with van der Waals surface area (Å²) in [6.45, 7) is 1.87. The molecule has 1 saturated heterocycles. The highest BCUT2D eigenvalue weighted by molar-refractivity contribution is 6.31. The van der Waals surface area contributed by atoms with Crippen molar-refractivity contribution in [2.24, 2.45) is 5.92 Å². The lowest BCUT2D eigenvalue weighted by molar-refractivity contribution is 0.555. The molecule has 1 nitrogen and oxygen atoms in total. The van der Waals surface area contributed by atoms with Crippen LogP contribution in [-0.4, -0.2) is 13.1 Å². The first-order chi connectivity index (χ1) is 7.16. The predicted molar refractivity (Wildman–Crippen MR) is 56.0 cm³/mol. The van der Waals surface area contributed by atoms with Crippen LogP contribution in [0.1, 0.15) is 12.0 Å². The summed E-state index contributed by atoms with van der Waals surface area (Å²) in [6, 6.07) is 2.14. The van der Waals surface area contributed by atoms with Gasteiger partial charge in [0.1, 0.15) is 11.6 Å². The highest BCUT2D eigenvalue weighted by atomic mass is 35.5. The number of hydrogen-bond acceptors (Lipinski definition) is 1. The standard InChI is InChI=1S/C11H12ClF2N/c12-11-8(3-7-1-2-15-6-7)4-9(13)5-10(11)14/h4-5,7,15H,1-3,6H2. The monoisotopic (exact) mass is 231 g/mol. The molecule has 1 aliphatic rings. The fourth-order valence-corrected chi connectivity index (χ4v) is 2.14. The van der Waals surface area contributed by atoms with Gasteiger partial charge in [0.05, 0.1) is 5.02 Å². The molecule has 1 fully saturated rings. The van der Waals surface area contributed by atoms with Gasteiger partial charge in [-0.05, 0) is 43.5 Å². The first kappa shape index (κ1) is 10.8. The van der Waals surface area contributed by atoms with Gasteiger partial charge < -0.3 is 5.32 Å². The smallest absolute Gasteiger partial charge is 0.144 e. The number of halogens is 3. The van der Waals surface area contributed by atoms with Crippen molar-refractivity contribution in [1.82, 2.24) is 5.32 Å². The zero-order valence-corrected chi connectivity index (χ0v) is 8.95. The normalized spacial score (nSPS) is 20.9. The van der Waals surface area contributed by atoms with Crippen LogP contribution in [0, 0.1) is 17.6 Å². The minimum absolute atomic E-state index is 0.0586. The van der Waals surface area contributed by atoms with Gasteiger partial charge in [-0.15, -0.1) is 0 Å². The lowest BCUT2D eigenvalue weighted by atomic mass is 9.98. The molecule has 1 aromatic carbocycles. The van der Waals surface area contributed by atoms with Crippen molar-refractivity contribution in [3.05, 3.63) is 34.4 Å². The van der Waals surface area contributed by atoms with E-state index in [-0.39, 0.29) is 5.02 Å². The van der Waals surface area contributed by atoms with Crippen molar-refractivity contribution in [2.75, 3.05) is 13.1 Å². The molecule has 82 valence electrons. The number of nitrogens with one attached hydrogen (secondary N) is 1. The van der Waals surface area contributed by atoms with Gasteiger partial charge in [0.15, 0.2) is 0 Å². The summed E-state index contributed by atoms with van der Waals surface area (Å²) in [5.74, 6) is -0.792. The molecule has 0 bridgehead atoms. The predicted octanol–water partition coefficient (Wildman–Crippen LogP) is 2.77. The lowest BCUT2D eigenvalue weighted by Crippen LogP contribution is -2.11. The molecule has 1 atom stereocenters. The van der Waals surface area contributed by atoms with E-state index in [1.807, 2.05) is 0 Å². The number of benzene rings is 1. The van der Waals surface area contributed by atoms with Crippen LogP contribution in [0.5, 0.6) is 0 Å². The Morgan fingerprint density at radius 3 is 2.87 bits per heavy atom. The molecule has 15 heavy (non-hydrogen) atoms. The third-order valence-electron chi connectivity index (χ3n) is 2.74. The minimum atomic E-state index is -0.669. The van der Waals surface area contributed by atoms with E-state index in [0.29, 0.717) is 17.9 Å². The fourth-order valence-electron chi connectivity index (χ4n) is 1.96. The Hall–Kier alpha value is -0.670. The van der Waals surface area contributed by atoms with Gasteiger partial charge in [-0.25, -0.2) is 8.78 Å². The van der Waals surface area contributed by atoms with E-state index in [1.165, 1.54) is 6.07 Å². The van der Waals surface area contributed by atoms with Crippen LogP contribution in [0.3, 0.4) is 0 Å². The quantitative estimate of drug-likeness (QED) is 0.772. The van der Waals surface area contributed by atoms with Gasteiger partial charge in [-0.3, -0.25) is 0 Å². The second-order valence-electron chi connectivity index (χ2n) is 3.92. The van der Waals surface area contributed by atoms with E-state index in [4.69, 9.17) is 11.6 Å². The van der Waals surface area contributed by atoms with Crippen LogP contribution in [-0.2, 0) is 6.42 Å². The second-order valence-corrected chi connectivity index (χ2v) is 4.30. The molecule has 0 spiro atoms. The first-order valence-electron chi connectivity index (χ1n) is 5.01. The van der Waals surface area contributed by atoms with Crippen LogP contribution >= 0.6 is 11.6 Å². The summed E-state index contributed by atoms with van der Waals surface area (Å²) in [5.41, 5.74) is 0.572. The van der Waals surface area contributed by atoms with Crippen LogP contribution < -0.4 is 5.32 Å². The van der Waals surface area contributed by atoms with Gasteiger partial charge in [0.25, 0.3) is 0 Å². The van der Waals surface area contributed by atoms with E-state index in [0.717, 1.165) is 25.6 Å². The van der Waals surface area contributed by atoms with Gasteiger partial charge in [0, 0.05) is 6.07 Å². The summed E-state index contributed by atoms with van der Waals surface area (Å²) in [5, 5.41) is 3.27. The Kier molecular flexibility index (Phi) is 3.22. The molecule has 1 unspecified atom stereocenters. The molecule has 4 heteroatoms. The maximum Gasteiger partial charge on any atom is 0.144 e. The topological polar surface area (TPSA) is 12.0 Å². The molecule has 0 amide bonds. The molecule has 0 aromatic heterocycles. The Balaban J connectivity index is 2.19. The summed E-state index contributed by atoms with van der Waals surface area (Å²) in [4.78, 5) is 0. The molecular weight excluding hydrogens is 220 g/mol. The third-order valence-corrected chi connectivity index (χ3v) is 3.16. The van der Waals surface area contributed by atoms with Crippen LogP contribution in [0.2, 0.25) is 5.02 Å². The summed E-state index contributed by atoms with van der Waals surface area (Å²) in [6.07, 6.45) is 1.68. The zero-order chi connectivity index (χ0) is 10.8. The van der Waals surface area contributed by atoms with Crippen molar-refractivity contribution in [3.63, 3.8) is 0 Å². The van der Waals surface area contributed by atoms with Crippen molar-refractivity contribution < 1.29 is 8.78 Å². The SMILES string of the molecule is Fc1cc(F)c(Cl)c(CC2CCNC2)c1. The van der Waals surface area contributed by atoms with Crippen molar-refractivity contribution in [3.8, 4) is 0 Å². The maximum absolute atomic E-state index is 13.1. The van der Waals surface area contributed by atoms with Gasteiger partial charge >= 0.3 is 0 Å². The Labute approximate surface area is 92.4 Å². The highest BCUT2D eigenvalue weighted by Gasteiger charge is 2.18. The molecule has 1 heterocycles. The molecule has 1 aromatic rings. The lowest BCUT2D eigenvalue weighted by Gasteiger charge is -2.10. The molecule has 0 radical (unpaired) electrons. The maximum atomic E-state index is 13.1. The Morgan fingerprint density at radius 1 is 1.40 bits per heavy atom. The molecule has 0 aliphatic carbocycles. The van der Waals surface area contributed by atoms with Crippen LogP contribution in [0.25, 0.3) is 0 Å². The second kappa shape index (κ2) is 4.45. The van der Waals surface area contributed by atoms with E-state index in [2.05, 4.69) is 5.32 Å². The van der Waals surface area contributed by atoms with Gasteiger partial charge in [-0.2, -0.15) is 0 Å². The van der Waals surface area contributed by atoms with Crippen molar-refractivity contribution in [2.45, 2.75) is 12.8 Å². The Bertz CT molecular complexity index is 362. The van der Waals surface area contributed by atoms with E-state index >= 15 is 0 Å². The van der Waals surface area contributed by atoms with Crippen molar-refractivity contribution >= 4 is 11.6 Å². The third kappa shape index (κ3) is 2.47. The number of rotatable bonds is 2. The molecule has 1 aliphatic heterocycles. The van der Waals surface area contributed by atoms with Crippen molar-refractivity contribution in [1.29, 1.82) is 0 Å². The van der Waals surface area contributed by atoms with Crippen LogP contribution in [0.15, 0.2) is 12.1 Å². The van der Waals surface area contributed by atoms with Gasteiger partial charge in [0.2, 0.25) is 0 Å². The highest BCUT2D eigenvalue weighted by Crippen LogP contribution is 2.25. The summed E-state index contributed by atoms with van der Waals surface area (Å²) >= 11 is 5.78. The largest absolute Gasteiger partial charge is 0.316 e.